The minimum absolute atomic E-state index is 0.0841. The van der Waals surface area contributed by atoms with Gasteiger partial charge in [0, 0.05) is 18.1 Å². The summed E-state index contributed by atoms with van der Waals surface area (Å²) in [5.74, 6) is 1.02. The molecule has 3 aliphatic rings. The molecular formula is C17H29NO2. The van der Waals surface area contributed by atoms with Crippen molar-refractivity contribution >= 4 is 5.97 Å². The van der Waals surface area contributed by atoms with E-state index in [0.717, 1.165) is 24.7 Å². The highest BCUT2D eigenvalue weighted by Gasteiger charge is 2.51. The quantitative estimate of drug-likeness (QED) is 0.856. The van der Waals surface area contributed by atoms with Gasteiger partial charge in [0.2, 0.25) is 0 Å². The molecule has 0 amide bonds. The number of carboxylic acids is 1. The van der Waals surface area contributed by atoms with Crippen LogP contribution in [0.15, 0.2) is 0 Å². The maximum atomic E-state index is 11.4. The second kappa shape index (κ2) is 5.67. The molecule has 0 aromatic heterocycles. The smallest absolute Gasteiger partial charge is 0.308 e. The molecule has 5 atom stereocenters. The summed E-state index contributed by atoms with van der Waals surface area (Å²) in [6.07, 6.45) is 9.96. The Kier molecular flexibility index (Phi) is 4.07. The van der Waals surface area contributed by atoms with Gasteiger partial charge < -0.3 is 5.11 Å². The minimum atomic E-state index is -0.559. The lowest BCUT2D eigenvalue weighted by atomic mass is 9.80. The Morgan fingerprint density at radius 1 is 1.15 bits per heavy atom. The number of fused-ring (bicyclic) bond motifs is 2. The zero-order valence-corrected chi connectivity index (χ0v) is 12.9. The van der Waals surface area contributed by atoms with Crippen molar-refractivity contribution in [1.82, 2.24) is 4.90 Å². The lowest BCUT2D eigenvalue weighted by Gasteiger charge is -2.38. The molecule has 114 valence electrons. The molecule has 0 spiro atoms. The molecule has 2 saturated heterocycles. The van der Waals surface area contributed by atoms with Crippen LogP contribution in [0.5, 0.6) is 0 Å². The van der Waals surface area contributed by atoms with Gasteiger partial charge in [-0.1, -0.05) is 26.7 Å². The van der Waals surface area contributed by atoms with E-state index < -0.39 is 5.97 Å². The Balaban J connectivity index is 1.66. The fourth-order valence-corrected chi connectivity index (χ4v) is 5.28. The van der Waals surface area contributed by atoms with Crippen LogP contribution in [0.4, 0.5) is 0 Å². The Labute approximate surface area is 122 Å². The number of carbonyl (C=O) groups is 1. The van der Waals surface area contributed by atoms with E-state index >= 15 is 0 Å². The van der Waals surface area contributed by atoms with Crippen molar-refractivity contribution in [1.29, 1.82) is 0 Å². The molecule has 3 fully saturated rings. The van der Waals surface area contributed by atoms with Crippen LogP contribution in [-0.2, 0) is 4.79 Å². The topological polar surface area (TPSA) is 40.5 Å². The molecule has 2 aliphatic heterocycles. The van der Waals surface area contributed by atoms with Crippen molar-refractivity contribution < 1.29 is 9.90 Å². The van der Waals surface area contributed by atoms with E-state index in [1.54, 1.807) is 0 Å². The third-order valence-corrected chi connectivity index (χ3v) is 5.89. The van der Waals surface area contributed by atoms with E-state index in [1.165, 1.54) is 38.5 Å². The van der Waals surface area contributed by atoms with E-state index in [1.807, 2.05) is 0 Å². The van der Waals surface area contributed by atoms with Crippen molar-refractivity contribution in [2.45, 2.75) is 83.3 Å². The largest absolute Gasteiger partial charge is 0.481 e. The van der Waals surface area contributed by atoms with Gasteiger partial charge in [-0.25, -0.2) is 0 Å². The molecule has 0 aromatic rings. The van der Waals surface area contributed by atoms with Crippen molar-refractivity contribution in [3.8, 4) is 0 Å². The third kappa shape index (κ3) is 2.61. The van der Waals surface area contributed by atoms with Crippen LogP contribution < -0.4 is 0 Å². The zero-order chi connectivity index (χ0) is 14.3. The summed E-state index contributed by atoms with van der Waals surface area (Å²) >= 11 is 0. The number of carboxylic acid groups (broad SMARTS) is 1. The van der Waals surface area contributed by atoms with Gasteiger partial charge in [-0.3, -0.25) is 9.69 Å². The molecule has 1 aliphatic carbocycles. The van der Waals surface area contributed by atoms with Gasteiger partial charge in [-0.15, -0.1) is 0 Å². The normalized spacial score (nSPS) is 41.5. The highest BCUT2D eigenvalue weighted by atomic mass is 16.4. The number of aliphatic carboxylic acids is 1. The van der Waals surface area contributed by atoms with Gasteiger partial charge >= 0.3 is 5.97 Å². The number of nitrogens with zero attached hydrogens (tertiary/aromatic N) is 1. The second-order valence-corrected chi connectivity index (χ2v) is 7.74. The minimum Gasteiger partial charge on any atom is -0.481 e. The molecule has 3 nitrogen and oxygen atoms in total. The first-order chi connectivity index (χ1) is 9.56. The molecule has 1 N–H and O–H groups in total. The monoisotopic (exact) mass is 279 g/mol. The van der Waals surface area contributed by atoms with E-state index in [4.69, 9.17) is 0 Å². The van der Waals surface area contributed by atoms with Gasteiger partial charge in [0.15, 0.2) is 0 Å². The second-order valence-electron chi connectivity index (χ2n) is 7.74. The first-order valence-electron chi connectivity index (χ1n) is 8.56. The summed E-state index contributed by atoms with van der Waals surface area (Å²) in [4.78, 5) is 14.0. The molecule has 20 heavy (non-hydrogen) atoms. The van der Waals surface area contributed by atoms with Crippen LogP contribution in [0, 0.1) is 17.8 Å². The van der Waals surface area contributed by atoms with Gasteiger partial charge in [0.1, 0.15) is 0 Å². The molecule has 3 rings (SSSR count). The lowest BCUT2D eigenvalue weighted by Crippen LogP contribution is -2.43. The Hall–Kier alpha value is -0.570. The lowest BCUT2D eigenvalue weighted by molar-refractivity contribution is -0.142. The first-order valence-corrected chi connectivity index (χ1v) is 8.56. The van der Waals surface area contributed by atoms with Crippen LogP contribution in [0.2, 0.25) is 0 Å². The van der Waals surface area contributed by atoms with E-state index in [0.29, 0.717) is 18.1 Å². The van der Waals surface area contributed by atoms with Gasteiger partial charge in [-0.05, 0) is 50.4 Å². The van der Waals surface area contributed by atoms with Crippen LogP contribution in [0.3, 0.4) is 0 Å². The van der Waals surface area contributed by atoms with Crippen LogP contribution >= 0.6 is 0 Å². The van der Waals surface area contributed by atoms with Crippen LogP contribution in [-0.4, -0.2) is 34.1 Å². The molecule has 0 aromatic carbocycles. The Morgan fingerprint density at radius 2 is 1.90 bits per heavy atom. The molecule has 3 heteroatoms. The summed E-state index contributed by atoms with van der Waals surface area (Å²) in [6, 6.07) is 1.60. The van der Waals surface area contributed by atoms with Crippen molar-refractivity contribution in [3.63, 3.8) is 0 Å². The maximum absolute atomic E-state index is 11.4. The predicted octanol–water partition coefficient (Wildman–Crippen LogP) is 3.53. The summed E-state index contributed by atoms with van der Waals surface area (Å²) in [7, 11) is 0. The van der Waals surface area contributed by atoms with Gasteiger partial charge in [-0.2, -0.15) is 0 Å². The van der Waals surface area contributed by atoms with E-state index in [9.17, 15) is 9.90 Å². The van der Waals surface area contributed by atoms with Crippen LogP contribution in [0.25, 0.3) is 0 Å². The van der Waals surface area contributed by atoms with Crippen molar-refractivity contribution in [2.75, 3.05) is 0 Å². The highest BCUT2D eigenvalue weighted by Crippen LogP contribution is 2.46. The summed E-state index contributed by atoms with van der Waals surface area (Å²) in [5, 5.41) is 9.40. The fourth-order valence-electron chi connectivity index (χ4n) is 5.28. The van der Waals surface area contributed by atoms with E-state index in [2.05, 4.69) is 18.7 Å². The zero-order valence-electron chi connectivity index (χ0n) is 12.9. The molecule has 1 saturated carbocycles. The number of hydrogen-bond acceptors (Lipinski definition) is 2. The number of hydrogen-bond donors (Lipinski definition) is 1. The molecule has 2 heterocycles. The fraction of sp³-hybridized carbons (Fsp3) is 0.941. The van der Waals surface area contributed by atoms with Crippen LogP contribution in [0.1, 0.15) is 65.2 Å². The first kappa shape index (κ1) is 14.4. The Morgan fingerprint density at radius 3 is 2.55 bits per heavy atom. The SMILES string of the molecule is CC(C)CC1CCCC(N2C3CCC2C(C(=O)O)C3)C1. The third-order valence-electron chi connectivity index (χ3n) is 5.89. The molecule has 2 bridgehead atoms. The number of rotatable bonds is 4. The average Bonchev–Trinajstić information content (AvgIpc) is 2.95. The van der Waals surface area contributed by atoms with E-state index in [-0.39, 0.29) is 5.92 Å². The standard InChI is InChI=1S/C17H29NO2/c1-11(2)8-12-4-3-5-13(9-12)18-14-6-7-16(18)15(10-14)17(19)20/h11-16H,3-10H2,1-2H3,(H,19,20). The summed E-state index contributed by atoms with van der Waals surface area (Å²) in [5.41, 5.74) is 0. The van der Waals surface area contributed by atoms with Gasteiger partial charge in [0.25, 0.3) is 0 Å². The Bertz CT molecular complexity index is 368. The van der Waals surface area contributed by atoms with Gasteiger partial charge in [0.05, 0.1) is 5.92 Å². The maximum Gasteiger partial charge on any atom is 0.308 e. The average molecular weight is 279 g/mol. The van der Waals surface area contributed by atoms with Crippen molar-refractivity contribution in [2.24, 2.45) is 17.8 Å². The highest BCUT2D eigenvalue weighted by molar-refractivity contribution is 5.71. The molecule has 5 unspecified atom stereocenters. The summed E-state index contributed by atoms with van der Waals surface area (Å²) < 4.78 is 0. The molecule has 0 radical (unpaired) electrons. The van der Waals surface area contributed by atoms with Crippen molar-refractivity contribution in [3.05, 3.63) is 0 Å². The molecular weight excluding hydrogens is 250 g/mol. The summed E-state index contributed by atoms with van der Waals surface area (Å²) in [6.45, 7) is 4.65. The predicted molar refractivity (Wildman–Crippen MR) is 79.6 cm³/mol.